The number of carbonyl (C=O) groups excluding carboxylic acids is 2. The second kappa shape index (κ2) is 7.76. The first-order valence-electron chi connectivity index (χ1n) is 7.80. The average Bonchev–Trinajstić information content (AvgIpc) is 2.87. The van der Waals surface area contributed by atoms with Crippen molar-refractivity contribution in [2.75, 3.05) is 6.54 Å². The smallest absolute Gasteiger partial charge is 0.293 e. The number of carbonyl (C=O) groups is 2. The zero-order chi connectivity index (χ0) is 17.8. The molecule has 1 aliphatic heterocycles. The van der Waals surface area contributed by atoms with Crippen LogP contribution in [0, 0.1) is 0 Å². The number of hydrogen-bond acceptors (Lipinski definition) is 4. The van der Waals surface area contributed by atoms with Gasteiger partial charge in [-0.25, -0.2) is 0 Å². The van der Waals surface area contributed by atoms with Crippen molar-refractivity contribution < 1.29 is 14.3 Å². The Morgan fingerprint density at radius 2 is 1.96 bits per heavy atom. The van der Waals surface area contributed by atoms with Crippen LogP contribution in [0.4, 0.5) is 4.79 Å². The van der Waals surface area contributed by atoms with Gasteiger partial charge in [0.05, 0.1) is 4.91 Å². The summed E-state index contributed by atoms with van der Waals surface area (Å²) < 4.78 is 5.79. The second-order valence-electron chi connectivity index (χ2n) is 5.38. The molecule has 1 fully saturated rings. The lowest BCUT2D eigenvalue weighted by Gasteiger charge is -2.08. The van der Waals surface area contributed by atoms with E-state index in [1.807, 2.05) is 48.5 Å². The maximum Gasteiger partial charge on any atom is 0.293 e. The fraction of sp³-hybridized carbons (Fsp3) is 0.158. The van der Waals surface area contributed by atoms with Crippen LogP contribution in [0.3, 0.4) is 0 Å². The van der Waals surface area contributed by atoms with E-state index >= 15 is 0 Å². The van der Waals surface area contributed by atoms with Crippen LogP contribution < -0.4 is 4.74 Å². The van der Waals surface area contributed by atoms with Crippen LogP contribution in [0.1, 0.15) is 18.1 Å². The molecule has 0 N–H and O–H groups in total. The lowest BCUT2D eigenvalue weighted by molar-refractivity contribution is -0.122. The largest absolute Gasteiger partial charge is 0.489 e. The molecule has 0 spiro atoms. The van der Waals surface area contributed by atoms with Gasteiger partial charge in [0, 0.05) is 17.1 Å². The van der Waals surface area contributed by atoms with Gasteiger partial charge < -0.3 is 4.74 Å². The molecule has 6 heteroatoms. The van der Waals surface area contributed by atoms with Gasteiger partial charge in [0.1, 0.15) is 12.4 Å². The van der Waals surface area contributed by atoms with Crippen LogP contribution in [0.15, 0.2) is 53.4 Å². The van der Waals surface area contributed by atoms with E-state index in [2.05, 4.69) is 0 Å². The van der Waals surface area contributed by atoms with Gasteiger partial charge in [0.15, 0.2) is 0 Å². The van der Waals surface area contributed by atoms with Crippen molar-refractivity contribution in [2.45, 2.75) is 13.5 Å². The van der Waals surface area contributed by atoms with Gasteiger partial charge in [-0.3, -0.25) is 14.5 Å². The van der Waals surface area contributed by atoms with Gasteiger partial charge in [-0.15, -0.1) is 0 Å². The fourth-order valence-corrected chi connectivity index (χ4v) is 3.49. The van der Waals surface area contributed by atoms with Crippen molar-refractivity contribution in [3.05, 3.63) is 69.6 Å². The predicted molar refractivity (Wildman–Crippen MR) is 101 cm³/mol. The highest BCUT2D eigenvalue weighted by atomic mass is 35.5. The molecule has 4 nitrogen and oxygen atoms in total. The maximum absolute atomic E-state index is 12.2. The lowest BCUT2D eigenvalue weighted by atomic mass is 10.2. The van der Waals surface area contributed by atoms with Crippen molar-refractivity contribution >= 4 is 40.6 Å². The van der Waals surface area contributed by atoms with E-state index < -0.39 is 0 Å². The van der Waals surface area contributed by atoms with Crippen molar-refractivity contribution in [1.29, 1.82) is 0 Å². The number of thioether (sulfide) groups is 1. The molecule has 0 radical (unpaired) electrons. The zero-order valence-electron chi connectivity index (χ0n) is 13.6. The van der Waals surface area contributed by atoms with Gasteiger partial charge in [0.2, 0.25) is 0 Å². The van der Waals surface area contributed by atoms with Gasteiger partial charge in [-0.05, 0) is 48.5 Å². The van der Waals surface area contributed by atoms with Crippen molar-refractivity contribution in [1.82, 2.24) is 4.90 Å². The quantitative estimate of drug-likeness (QED) is 0.694. The Balaban J connectivity index is 1.74. The normalized spacial score (nSPS) is 15.9. The van der Waals surface area contributed by atoms with E-state index in [1.165, 1.54) is 4.90 Å². The summed E-state index contributed by atoms with van der Waals surface area (Å²) in [5, 5.41) is 0.428. The minimum atomic E-state index is -0.250. The van der Waals surface area contributed by atoms with E-state index in [0.717, 1.165) is 22.9 Å². The molecule has 0 aliphatic carbocycles. The first kappa shape index (κ1) is 17.6. The molecule has 1 saturated heterocycles. The van der Waals surface area contributed by atoms with Gasteiger partial charge in [-0.2, -0.15) is 0 Å². The van der Waals surface area contributed by atoms with Gasteiger partial charge in [-0.1, -0.05) is 41.9 Å². The van der Waals surface area contributed by atoms with Crippen LogP contribution >= 0.6 is 23.4 Å². The summed E-state index contributed by atoms with van der Waals surface area (Å²) in [5.74, 6) is 0.420. The first-order valence-corrected chi connectivity index (χ1v) is 8.99. The Hall–Kier alpha value is -2.24. The van der Waals surface area contributed by atoms with E-state index in [0.29, 0.717) is 28.8 Å². The Bertz CT molecular complexity index is 850. The SMILES string of the molecule is CCN1C(=O)S/C(=C/c2cccc(OCc3ccccc3Cl)c2)C1=O. The molecular formula is C19H16ClNO3S. The van der Waals surface area contributed by atoms with Crippen LogP contribution in [0.2, 0.25) is 5.02 Å². The van der Waals surface area contributed by atoms with Crippen molar-refractivity contribution in [3.63, 3.8) is 0 Å². The number of benzene rings is 2. The van der Waals surface area contributed by atoms with Crippen LogP contribution in [0.25, 0.3) is 6.08 Å². The zero-order valence-corrected chi connectivity index (χ0v) is 15.1. The number of rotatable bonds is 5. The molecular weight excluding hydrogens is 358 g/mol. The Labute approximate surface area is 155 Å². The van der Waals surface area contributed by atoms with E-state index in [1.54, 1.807) is 13.0 Å². The van der Waals surface area contributed by atoms with Gasteiger partial charge in [0.25, 0.3) is 11.1 Å². The highest BCUT2D eigenvalue weighted by molar-refractivity contribution is 8.18. The summed E-state index contributed by atoms with van der Waals surface area (Å²) in [6, 6.07) is 14.9. The molecule has 0 bridgehead atoms. The molecule has 1 aliphatic rings. The van der Waals surface area contributed by atoms with E-state index in [-0.39, 0.29) is 11.1 Å². The molecule has 2 amide bonds. The minimum Gasteiger partial charge on any atom is -0.489 e. The van der Waals surface area contributed by atoms with Crippen molar-refractivity contribution in [3.8, 4) is 5.75 Å². The highest BCUT2D eigenvalue weighted by Gasteiger charge is 2.33. The number of ether oxygens (including phenoxy) is 1. The summed E-state index contributed by atoms with van der Waals surface area (Å²) in [6.45, 7) is 2.51. The molecule has 25 heavy (non-hydrogen) atoms. The average molecular weight is 374 g/mol. The summed E-state index contributed by atoms with van der Waals surface area (Å²) >= 11 is 7.09. The molecule has 0 saturated carbocycles. The molecule has 0 atom stereocenters. The predicted octanol–water partition coefficient (Wildman–Crippen LogP) is 4.98. The monoisotopic (exact) mass is 373 g/mol. The molecule has 0 unspecified atom stereocenters. The van der Waals surface area contributed by atoms with Gasteiger partial charge >= 0.3 is 0 Å². The molecule has 2 aromatic carbocycles. The Morgan fingerprint density at radius 3 is 2.68 bits per heavy atom. The first-order chi connectivity index (χ1) is 12.1. The number of amides is 2. The van der Waals surface area contributed by atoms with Crippen LogP contribution in [0.5, 0.6) is 5.75 Å². The van der Waals surface area contributed by atoms with E-state index in [9.17, 15) is 9.59 Å². The molecule has 128 valence electrons. The molecule has 0 aromatic heterocycles. The third-order valence-corrected chi connectivity index (χ3v) is 4.97. The number of halogens is 1. The van der Waals surface area contributed by atoms with Crippen molar-refractivity contribution in [2.24, 2.45) is 0 Å². The Morgan fingerprint density at radius 1 is 1.16 bits per heavy atom. The highest BCUT2D eigenvalue weighted by Crippen LogP contribution is 2.32. The molecule has 2 aromatic rings. The summed E-state index contributed by atoms with van der Waals surface area (Å²) in [7, 11) is 0. The topological polar surface area (TPSA) is 46.6 Å². The van der Waals surface area contributed by atoms with E-state index in [4.69, 9.17) is 16.3 Å². The fourth-order valence-electron chi connectivity index (χ4n) is 2.39. The maximum atomic E-state index is 12.2. The number of imide groups is 1. The van der Waals surface area contributed by atoms with Crippen LogP contribution in [-0.2, 0) is 11.4 Å². The summed E-state index contributed by atoms with van der Waals surface area (Å²) in [5.41, 5.74) is 1.71. The Kier molecular flexibility index (Phi) is 5.46. The third-order valence-electron chi connectivity index (χ3n) is 3.70. The number of likely N-dealkylation sites (N-methyl/N-ethyl adjacent to an activating group) is 1. The lowest BCUT2D eigenvalue weighted by Crippen LogP contribution is -2.27. The minimum absolute atomic E-state index is 0.232. The molecule has 3 rings (SSSR count). The standard InChI is InChI=1S/C19H16ClNO3S/c1-2-21-18(22)17(25-19(21)23)11-13-6-5-8-15(10-13)24-12-14-7-3-4-9-16(14)20/h3-11H,2,12H2,1H3/b17-11+. The number of hydrogen-bond donors (Lipinski definition) is 0. The van der Waals surface area contributed by atoms with Crippen LogP contribution in [-0.4, -0.2) is 22.6 Å². The summed E-state index contributed by atoms with van der Waals surface area (Å²) in [6.07, 6.45) is 1.71. The summed E-state index contributed by atoms with van der Waals surface area (Å²) in [4.78, 5) is 25.6. The second-order valence-corrected chi connectivity index (χ2v) is 6.78. The number of nitrogens with zero attached hydrogens (tertiary/aromatic N) is 1. The third kappa shape index (κ3) is 4.06. The molecule has 1 heterocycles.